The highest BCUT2D eigenvalue weighted by Gasteiger charge is 2.39. The summed E-state index contributed by atoms with van der Waals surface area (Å²) >= 11 is 0. The fourth-order valence-electron chi connectivity index (χ4n) is 3.28. The van der Waals surface area contributed by atoms with Crippen molar-refractivity contribution in [2.24, 2.45) is 0 Å². The monoisotopic (exact) mass is 289 g/mol. The molecule has 118 valence electrons. The van der Waals surface area contributed by atoms with Gasteiger partial charge in [-0.3, -0.25) is 0 Å². The molecule has 1 N–H and O–H groups in total. The Hall–Kier alpha value is -0.860. The highest BCUT2D eigenvalue weighted by atomic mass is 16.5. The van der Waals surface area contributed by atoms with Gasteiger partial charge in [0.1, 0.15) is 0 Å². The van der Waals surface area contributed by atoms with Gasteiger partial charge in [-0.05, 0) is 55.7 Å². The van der Waals surface area contributed by atoms with E-state index in [1.54, 1.807) is 0 Å². The minimum Gasteiger partial charge on any atom is -0.378 e. The highest BCUT2D eigenvalue weighted by molar-refractivity contribution is 5.27. The number of methoxy groups -OCH3 is 1. The van der Waals surface area contributed by atoms with Crippen LogP contribution in [0.1, 0.15) is 76.0 Å². The predicted molar refractivity (Wildman–Crippen MR) is 89.8 cm³/mol. The Balaban J connectivity index is 2.10. The molecule has 2 atom stereocenters. The molecule has 0 bridgehead atoms. The lowest BCUT2D eigenvalue weighted by atomic mass is 9.74. The van der Waals surface area contributed by atoms with E-state index in [4.69, 9.17) is 4.74 Å². The summed E-state index contributed by atoms with van der Waals surface area (Å²) in [6, 6.07) is 9.61. The summed E-state index contributed by atoms with van der Waals surface area (Å²) in [6.07, 6.45) is 6.00. The topological polar surface area (TPSA) is 21.3 Å². The van der Waals surface area contributed by atoms with Gasteiger partial charge in [0.05, 0.1) is 5.60 Å². The number of hydrogen-bond donors (Lipinski definition) is 1. The first-order valence-electron chi connectivity index (χ1n) is 8.52. The Labute approximate surface area is 130 Å². The molecule has 1 aliphatic carbocycles. The molecule has 0 saturated heterocycles. The second-order valence-corrected chi connectivity index (χ2v) is 6.53. The van der Waals surface area contributed by atoms with E-state index in [1.165, 1.54) is 36.8 Å². The highest BCUT2D eigenvalue weighted by Crippen LogP contribution is 2.42. The van der Waals surface area contributed by atoms with Gasteiger partial charge >= 0.3 is 0 Å². The van der Waals surface area contributed by atoms with Gasteiger partial charge in [-0.2, -0.15) is 0 Å². The Morgan fingerprint density at radius 1 is 1.14 bits per heavy atom. The zero-order valence-corrected chi connectivity index (χ0v) is 14.1. The van der Waals surface area contributed by atoms with Crippen molar-refractivity contribution in [3.63, 3.8) is 0 Å². The summed E-state index contributed by atoms with van der Waals surface area (Å²) in [5.74, 6) is 0.647. The van der Waals surface area contributed by atoms with Crippen LogP contribution in [-0.4, -0.2) is 19.3 Å². The Bertz CT molecular complexity index is 416. The van der Waals surface area contributed by atoms with Crippen LogP contribution in [-0.2, 0) is 4.74 Å². The average molecular weight is 289 g/mol. The van der Waals surface area contributed by atoms with E-state index in [2.05, 4.69) is 50.4 Å². The van der Waals surface area contributed by atoms with Crippen LogP contribution in [0.5, 0.6) is 0 Å². The van der Waals surface area contributed by atoms with E-state index < -0.39 is 0 Å². The molecule has 0 spiro atoms. The second kappa shape index (κ2) is 7.42. The molecule has 1 aliphatic rings. The van der Waals surface area contributed by atoms with Crippen molar-refractivity contribution >= 4 is 0 Å². The van der Waals surface area contributed by atoms with Crippen LogP contribution in [0.25, 0.3) is 0 Å². The van der Waals surface area contributed by atoms with Crippen molar-refractivity contribution < 1.29 is 4.74 Å². The van der Waals surface area contributed by atoms with Crippen LogP contribution in [0.15, 0.2) is 24.3 Å². The Morgan fingerprint density at radius 3 is 2.19 bits per heavy atom. The van der Waals surface area contributed by atoms with E-state index in [9.17, 15) is 0 Å². The van der Waals surface area contributed by atoms with Crippen LogP contribution in [0.4, 0.5) is 0 Å². The molecule has 1 fully saturated rings. The van der Waals surface area contributed by atoms with Gasteiger partial charge in [-0.1, -0.05) is 45.0 Å². The van der Waals surface area contributed by atoms with Gasteiger partial charge in [-0.15, -0.1) is 0 Å². The van der Waals surface area contributed by atoms with Gasteiger partial charge in [0, 0.05) is 13.2 Å². The molecule has 1 aromatic carbocycles. The summed E-state index contributed by atoms with van der Waals surface area (Å²) in [4.78, 5) is 0. The summed E-state index contributed by atoms with van der Waals surface area (Å²) in [7, 11) is 1.87. The van der Waals surface area contributed by atoms with Crippen LogP contribution in [0.2, 0.25) is 0 Å². The first kappa shape index (κ1) is 16.5. The maximum absolute atomic E-state index is 5.81. The van der Waals surface area contributed by atoms with Crippen molar-refractivity contribution in [3.8, 4) is 0 Å². The minimum absolute atomic E-state index is 0.113. The Kier molecular flexibility index (Phi) is 5.83. The summed E-state index contributed by atoms with van der Waals surface area (Å²) < 4.78 is 5.81. The fraction of sp³-hybridized carbons (Fsp3) is 0.684. The molecule has 2 rings (SSSR count). The molecule has 0 radical (unpaired) electrons. The molecule has 0 aliphatic heterocycles. The maximum atomic E-state index is 5.81. The lowest BCUT2D eigenvalue weighted by Gasteiger charge is -2.43. The van der Waals surface area contributed by atoms with E-state index in [-0.39, 0.29) is 5.60 Å². The normalized spacial score (nSPS) is 19.8. The molecule has 1 saturated carbocycles. The van der Waals surface area contributed by atoms with E-state index in [0.29, 0.717) is 12.0 Å². The molecule has 1 aromatic rings. The predicted octanol–water partition coefficient (Wildman–Crippen LogP) is 4.81. The molecule has 0 heterocycles. The van der Waals surface area contributed by atoms with E-state index in [1.807, 2.05) is 7.11 Å². The molecule has 0 amide bonds. The minimum atomic E-state index is 0.113. The van der Waals surface area contributed by atoms with E-state index >= 15 is 0 Å². The first-order valence-corrected chi connectivity index (χ1v) is 8.52. The zero-order valence-electron chi connectivity index (χ0n) is 14.1. The number of nitrogens with one attached hydrogen (secondary N) is 1. The summed E-state index contributed by atoms with van der Waals surface area (Å²) in [6.45, 7) is 7.72. The number of benzene rings is 1. The maximum Gasteiger partial charge on any atom is 0.0697 e. The van der Waals surface area contributed by atoms with Crippen LogP contribution in [0, 0.1) is 0 Å². The lowest BCUT2D eigenvalue weighted by molar-refractivity contribution is -0.0837. The van der Waals surface area contributed by atoms with Gasteiger partial charge in [0.25, 0.3) is 0 Å². The molecule has 0 aromatic heterocycles. The zero-order chi connectivity index (χ0) is 15.3. The number of rotatable bonds is 8. The van der Waals surface area contributed by atoms with Gasteiger partial charge in [0.15, 0.2) is 0 Å². The number of ether oxygens (including phenoxy) is 1. The molecular weight excluding hydrogens is 258 g/mol. The molecular formula is C19H31NO. The molecule has 2 heteroatoms. The van der Waals surface area contributed by atoms with E-state index in [0.717, 1.165) is 13.0 Å². The largest absolute Gasteiger partial charge is 0.378 e. The van der Waals surface area contributed by atoms with Crippen molar-refractivity contribution in [2.45, 2.75) is 70.4 Å². The molecule has 2 unspecified atom stereocenters. The summed E-state index contributed by atoms with van der Waals surface area (Å²) in [5.41, 5.74) is 2.95. The van der Waals surface area contributed by atoms with Gasteiger partial charge in [-0.25, -0.2) is 0 Å². The van der Waals surface area contributed by atoms with Gasteiger partial charge < -0.3 is 10.1 Å². The van der Waals surface area contributed by atoms with Crippen molar-refractivity contribution in [1.82, 2.24) is 5.32 Å². The van der Waals surface area contributed by atoms with Crippen molar-refractivity contribution in [3.05, 3.63) is 35.4 Å². The third-order valence-electron chi connectivity index (χ3n) is 5.24. The molecule has 21 heavy (non-hydrogen) atoms. The van der Waals surface area contributed by atoms with Gasteiger partial charge in [0.2, 0.25) is 0 Å². The average Bonchev–Trinajstić information content (AvgIpc) is 2.49. The standard InChI is InChI=1S/C19H31NO/c1-5-15(3)16-8-10-17(11-9-16)18(20-6-2)14-19(21-4)12-7-13-19/h8-11,15,18,20H,5-7,12-14H2,1-4H3. The third-order valence-corrected chi connectivity index (χ3v) is 5.24. The van der Waals surface area contributed by atoms with Crippen LogP contribution < -0.4 is 5.32 Å². The summed E-state index contributed by atoms with van der Waals surface area (Å²) in [5, 5.41) is 3.64. The van der Waals surface area contributed by atoms with Crippen molar-refractivity contribution in [2.75, 3.05) is 13.7 Å². The Morgan fingerprint density at radius 2 is 1.76 bits per heavy atom. The fourth-order valence-corrected chi connectivity index (χ4v) is 3.28. The second-order valence-electron chi connectivity index (χ2n) is 6.53. The number of hydrogen-bond acceptors (Lipinski definition) is 2. The smallest absolute Gasteiger partial charge is 0.0697 e. The van der Waals surface area contributed by atoms with Crippen molar-refractivity contribution in [1.29, 1.82) is 0 Å². The third kappa shape index (κ3) is 3.87. The quantitative estimate of drug-likeness (QED) is 0.741. The SMILES string of the molecule is CCNC(CC1(OC)CCC1)c1ccc(C(C)CC)cc1. The lowest BCUT2D eigenvalue weighted by Crippen LogP contribution is -2.42. The van der Waals surface area contributed by atoms with Crippen LogP contribution in [0.3, 0.4) is 0 Å². The molecule has 2 nitrogen and oxygen atoms in total. The van der Waals surface area contributed by atoms with Crippen LogP contribution >= 0.6 is 0 Å². The first-order chi connectivity index (χ1) is 10.1.